The second kappa shape index (κ2) is 2.59. The zero-order valence-electron chi connectivity index (χ0n) is 7.09. The average molecular weight is 166 g/mol. The third-order valence-electron chi connectivity index (χ3n) is 1.87. The fourth-order valence-electron chi connectivity index (χ4n) is 1.27. The molecule has 0 aromatic heterocycles. The maximum atomic E-state index is 5.25. The maximum absolute atomic E-state index is 5.25. The number of fused-ring (bicyclic) bond motifs is 1. The Morgan fingerprint density at radius 1 is 1.33 bits per heavy atom. The molecule has 1 aliphatic heterocycles. The van der Waals surface area contributed by atoms with Crippen LogP contribution in [0.5, 0.6) is 17.2 Å². The molecule has 1 heterocycles. The van der Waals surface area contributed by atoms with Crippen LogP contribution in [0.3, 0.4) is 0 Å². The Labute approximate surface area is 70.9 Å². The van der Waals surface area contributed by atoms with Crippen molar-refractivity contribution < 1.29 is 14.2 Å². The molecule has 1 aliphatic rings. The summed E-state index contributed by atoms with van der Waals surface area (Å²) in [4.78, 5) is 0. The van der Waals surface area contributed by atoms with Crippen LogP contribution in [0, 0.1) is 6.92 Å². The van der Waals surface area contributed by atoms with Crippen molar-refractivity contribution in [2.24, 2.45) is 0 Å². The summed E-state index contributed by atoms with van der Waals surface area (Å²) in [5, 5.41) is 0. The van der Waals surface area contributed by atoms with Gasteiger partial charge in [0, 0.05) is 6.07 Å². The van der Waals surface area contributed by atoms with E-state index in [9.17, 15) is 0 Å². The quantitative estimate of drug-likeness (QED) is 0.635. The standard InChI is InChI=1S/C9H10O3/c1-6-3-7(10-2)4-8-9(6)12-5-11-8/h3-4H,5H2,1-2H3. The van der Waals surface area contributed by atoms with Crippen LogP contribution < -0.4 is 14.2 Å². The lowest BCUT2D eigenvalue weighted by Gasteiger charge is -2.03. The van der Waals surface area contributed by atoms with Crippen LogP contribution in [0.4, 0.5) is 0 Å². The molecule has 0 radical (unpaired) electrons. The normalized spacial score (nSPS) is 13.2. The SMILES string of the molecule is COc1cc(C)c2c(c1)OCO2. The van der Waals surface area contributed by atoms with E-state index < -0.39 is 0 Å². The first-order valence-corrected chi connectivity index (χ1v) is 3.75. The fourth-order valence-corrected chi connectivity index (χ4v) is 1.27. The maximum Gasteiger partial charge on any atom is 0.231 e. The number of ether oxygens (including phenoxy) is 3. The first kappa shape index (κ1) is 7.28. The highest BCUT2D eigenvalue weighted by atomic mass is 16.7. The van der Waals surface area contributed by atoms with E-state index in [0.717, 1.165) is 22.8 Å². The van der Waals surface area contributed by atoms with Gasteiger partial charge in [0.2, 0.25) is 6.79 Å². The molecule has 0 bridgehead atoms. The molecule has 0 amide bonds. The van der Waals surface area contributed by atoms with Crippen LogP contribution >= 0.6 is 0 Å². The van der Waals surface area contributed by atoms with Gasteiger partial charge in [0.25, 0.3) is 0 Å². The van der Waals surface area contributed by atoms with E-state index in [4.69, 9.17) is 14.2 Å². The topological polar surface area (TPSA) is 27.7 Å². The molecule has 0 saturated carbocycles. The Morgan fingerprint density at radius 3 is 2.92 bits per heavy atom. The highest BCUT2D eigenvalue weighted by Gasteiger charge is 2.16. The number of hydrogen-bond acceptors (Lipinski definition) is 3. The lowest BCUT2D eigenvalue weighted by atomic mass is 10.2. The van der Waals surface area contributed by atoms with Crippen molar-refractivity contribution in [3.05, 3.63) is 17.7 Å². The minimum absolute atomic E-state index is 0.309. The molecule has 0 spiro atoms. The summed E-state index contributed by atoms with van der Waals surface area (Å²) in [6, 6.07) is 3.75. The number of methoxy groups -OCH3 is 1. The van der Waals surface area contributed by atoms with Gasteiger partial charge >= 0.3 is 0 Å². The summed E-state index contributed by atoms with van der Waals surface area (Å²) in [7, 11) is 1.64. The van der Waals surface area contributed by atoms with Crippen LogP contribution in [0.15, 0.2) is 12.1 Å². The van der Waals surface area contributed by atoms with Crippen molar-refractivity contribution in [3.63, 3.8) is 0 Å². The van der Waals surface area contributed by atoms with Gasteiger partial charge in [0.05, 0.1) is 7.11 Å². The Balaban J connectivity index is 2.51. The smallest absolute Gasteiger partial charge is 0.231 e. The Bertz CT molecular complexity index is 307. The van der Waals surface area contributed by atoms with E-state index >= 15 is 0 Å². The average Bonchev–Trinajstić information content (AvgIpc) is 2.52. The molecular weight excluding hydrogens is 156 g/mol. The fraction of sp³-hybridized carbons (Fsp3) is 0.333. The largest absolute Gasteiger partial charge is 0.497 e. The number of benzene rings is 1. The minimum atomic E-state index is 0.309. The summed E-state index contributed by atoms with van der Waals surface area (Å²) < 4.78 is 15.6. The van der Waals surface area contributed by atoms with Gasteiger partial charge < -0.3 is 14.2 Å². The number of aryl methyl sites for hydroxylation is 1. The zero-order valence-corrected chi connectivity index (χ0v) is 7.09. The van der Waals surface area contributed by atoms with Gasteiger partial charge in [-0.3, -0.25) is 0 Å². The van der Waals surface area contributed by atoms with Crippen LogP contribution in [0.25, 0.3) is 0 Å². The molecule has 1 aromatic rings. The van der Waals surface area contributed by atoms with Gasteiger partial charge in [0.1, 0.15) is 5.75 Å². The van der Waals surface area contributed by atoms with Gasteiger partial charge in [-0.05, 0) is 18.6 Å². The molecule has 0 unspecified atom stereocenters. The van der Waals surface area contributed by atoms with E-state index in [0.29, 0.717) is 6.79 Å². The Hall–Kier alpha value is -1.38. The van der Waals surface area contributed by atoms with Gasteiger partial charge in [0.15, 0.2) is 11.5 Å². The first-order valence-electron chi connectivity index (χ1n) is 3.75. The highest BCUT2D eigenvalue weighted by molar-refractivity contribution is 5.52. The molecule has 0 saturated heterocycles. The monoisotopic (exact) mass is 166 g/mol. The summed E-state index contributed by atoms with van der Waals surface area (Å²) in [6.07, 6.45) is 0. The molecule has 0 N–H and O–H groups in total. The first-order chi connectivity index (χ1) is 5.81. The van der Waals surface area contributed by atoms with Crippen LogP contribution in [-0.2, 0) is 0 Å². The third-order valence-corrected chi connectivity index (χ3v) is 1.87. The summed E-state index contributed by atoms with van der Waals surface area (Å²) in [5.41, 5.74) is 1.04. The van der Waals surface area contributed by atoms with Gasteiger partial charge in [-0.15, -0.1) is 0 Å². The number of hydrogen-bond donors (Lipinski definition) is 0. The van der Waals surface area contributed by atoms with Gasteiger partial charge in [-0.1, -0.05) is 0 Å². The van der Waals surface area contributed by atoms with Crippen LogP contribution in [0.1, 0.15) is 5.56 Å². The lowest BCUT2D eigenvalue weighted by Crippen LogP contribution is -1.93. The molecule has 0 fully saturated rings. The second-order valence-electron chi connectivity index (χ2n) is 2.68. The lowest BCUT2D eigenvalue weighted by molar-refractivity contribution is 0.173. The summed E-state index contributed by atoms with van der Waals surface area (Å²) in [5.74, 6) is 2.40. The molecule has 3 nitrogen and oxygen atoms in total. The minimum Gasteiger partial charge on any atom is -0.497 e. The number of rotatable bonds is 1. The molecule has 64 valence electrons. The van der Waals surface area contributed by atoms with E-state index in [-0.39, 0.29) is 0 Å². The third kappa shape index (κ3) is 0.978. The molecule has 1 aromatic carbocycles. The van der Waals surface area contributed by atoms with E-state index in [1.807, 2.05) is 19.1 Å². The Kier molecular flexibility index (Phi) is 1.57. The Morgan fingerprint density at radius 2 is 2.17 bits per heavy atom. The zero-order chi connectivity index (χ0) is 8.55. The molecule has 3 heteroatoms. The highest BCUT2D eigenvalue weighted by Crippen LogP contribution is 2.38. The van der Waals surface area contributed by atoms with Crippen LogP contribution in [0.2, 0.25) is 0 Å². The van der Waals surface area contributed by atoms with E-state index in [2.05, 4.69) is 0 Å². The van der Waals surface area contributed by atoms with E-state index in [1.54, 1.807) is 7.11 Å². The van der Waals surface area contributed by atoms with Crippen molar-refractivity contribution >= 4 is 0 Å². The van der Waals surface area contributed by atoms with Gasteiger partial charge in [-0.2, -0.15) is 0 Å². The second-order valence-corrected chi connectivity index (χ2v) is 2.68. The van der Waals surface area contributed by atoms with Crippen molar-refractivity contribution in [1.29, 1.82) is 0 Å². The van der Waals surface area contributed by atoms with Crippen molar-refractivity contribution in [2.75, 3.05) is 13.9 Å². The van der Waals surface area contributed by atoms with Crippen LogP contribution in [-0.4, -0.2) is 13.9 Å². The summed E-state index contributed by atoms with van der Waals surface area (Å²) in [6.45, 7) is 2.28. The molecule has 0 aliphatic carbocycles. The van der Waals surface area contributed by atoms with Gasteiger partial charge in [-0.25, -0.2) is 0 Å². The summed E-state index contributed by atoms with van der Waals surface area (Å²) >= 11 is 0. The van der Waals surface area contributed by atoms with Crippen molar-refractivity contribution in [1.82, 2.24) is 0 Å². The molecule has 2 rings (SSSR count). The predicted molar refractivity (Wildman–Crippen MR) is 43.9 cm³/mol. The molecule has 12 heavy (non-hydrogen) atoms. The molecular formula is C9H10O3. The van der Waals surface area contributed by atoms with Crippen molar-refractivity contribution in [3.8, 4) is 17.2 Å². The van der Waals surface area contributed by atoms with Crippen molar-refractivity contribution in [2.45, 2.75) is 6.92 Å². The predicted octanol–water partition coefficient (Wildman–Crippen LogP) is 1.73. The molecule has 0 atom stereocenters. The van der Waals surface area contributed by atoms with E-state index in [1.165, 1.54) is 0 Å².